The van der Waals surface area contributed by atoms with Crippen molar-refractivity contribution in [1.82, 2.24) is 4.90 Å². The Hall–Kier alpha value is -3.68. The van der Waals surface area contributed by atoms with Crippen molar-refractivity contribution in [3.8, 4) is 6.07 Å². The molecule has 3 aromatic rings. The topological polar surface area (TPSA) is 56.1 Å². The van der Waals surface area contributed by atoms with Gasteiger partial charge in [0.2, 0.25) is 0 Å². The molecule has 1 saturated heterocycles. The summed E-state index contributed by atoms with van der Waals surface area (Å²) >= 11 is 0. The molecule has 4 heteroatoms. The number of benzene rings is 3. The molecule has 2 aliphatic carbocycles. The summed E-state index contributed by atoms with van der Waals surface area (Å²) in [7, 11) is 0. The number of fused-ring (bicyclic) bond motifs is 2. The van der Waals surface area contributed by atoms with E-state index in [0.29, 0.717) is 17.5 Å². The van der Waals surface area contributed by atoms with Gasteiger partial charge < -0.3 is 5.32 Å². The monoisotopic (exact) mass is 547 g/mol. The number of carbonyl (C=O) groups excluding carboxylic acids is 1. The van der Waals surface area contributed by atoms with Crippen molar-refractivity contribution in [2.24, 2.45) is 5.92 Å². The third kappa shape index (κ3) is 5.88. The number of piperidine rings is 1. The van der Waals surface area contributed by atoms with Gasteiger partial charge in [-0.3, -0.25) is 9.69 Å². The highest BCUT2D eigenvalue weighted by Crippen LogP contribution is 2.49. The summed E-state index contributed by atoms with van der Waals surface area (Å²) in [5.41, 5.74) is 4.92. The molecule has 3 aromatic carbocycles. The average Bonchev–Trinajstić information content (AvgIpc) is 3.65. The highest BCUT2D eigenvalue weighted by Gasteiger charge is 2.48. The molecule has 1 aliphatic heterocycles. The first-order valence-electron chi connectivity index (χ1n) is 15.4. The lowest BCUT2D eigenvalue weighted by Gasteiger charge is -2.46. The molecule has 41 heavy (non-hydrogen) atoms. The van der Waals surface area contributed by atoms with Crippen molar-refractivity contribution in [1.29, 1.82) is 5.26 Å². The number of likely N-dealkylation sites (tertiary alicyclic amines) is 1. The van der Waals surface area contributed by atoms with Gasteiger partial charge >= 0.3 is 0 Å². The standard InChI is InChI=1S/C33H33N3O.2C2H6/c1-24-22-36(20-19-33(24)18-15-25-7-5-6-10-30(25)33)29-16-17-32(21-29,23-34)27-13-11-26(12-14-27)31(37)35-28-8-3-2-4-9-28;2*1-2/h2-15,18,24,29H,16-17,19-22H2,1H3,(H,35,37);2*1-2H3. The van der Waals surface area contributed by atoms with E-state index in [1.165, 1.54) is 11.1 Å². The number of carbonyl (C=O) groups is 1. The third-order valence-electron chi connectivity index (χ3n) is 9.17. The summed E-state index contributed by atoms with van der Waals surface area (Å²) < 4.78 is 0. The smallest absolute Gasteiger partial charge is 0.255 e. The fraction of sp³-hybridized carbons (Fsp3) is 0.405. The Kier molecular flexibility index (Phi) is 9.84. The molecule has 1 heterocycles. The first-order valence-corrected chi connectivity index (χ1v) is 15.4. The molecule has 214 valence electrons. The van der Waals surface area contributed by atoms with Crippen LogP contribution >= 0.6 is 0 Å². The third-order valence-corrected chi connectivity index (χ3v) is 9.17. The number of hydrogen-bond acceptors (Lipinski definition) is 3. The van der Waals surface area contributed by atoms with E-state index in [0.717, 1.165) is 50.0 Å². The molecule has 0 bridgehead atoms. The Morgan fingerprint density at radius 2 is 1.61 bits per heavy atom. The van der Waals surface area contributed by atoms with Crippen molar-refractivity contribution in [2.45, 2.75) is 77.2 Å². The van der Waals surface area contributed by atoms with Crippen LogP contribution in [0.3, 0.4) is 0 Å². The minimum absolute atomic E-state index is 0.133. The molecule has 0 aromatic heterocycles. The number of nitrogens with one attached hydrogen (secondary N) is 1. The molecule has 4 atom stereocenters. The average molecular weight is 548 g/mol. The lowest BCUT2D eigenvalue weighted by atomic mass is 9.67. The summed E-state index contributed by atoms with van der Waals surface area (Å²) in [5, 5.41) is 13.3. The highest BCUT2D eigenvalue weighted by atomic mass is 16.1. The van der Waals surface area contributed by atoms with Crippen molar-refractivity contribution in [3.63, 3.8) is 0 Å². The molecule has 1 spiro atoms. The van der Waals surface area contributed by atoms with Crippen LogP contribution in [0.4, 0.5) is 5.69 Å². The van der Waals surface area contributed by atoms with Gasteiger partial charge in [0, 0.05) is 29.3 Å². The predicted octanol–water partition coefficient (Wildman–Crippen LogP) is 8.61. The summed E-state index contributed by atoms with van der Waals surface area (Å²) in [6.07, 6.45) is 8.64. The maximum Gasteiger partial charge on any atom is 0.255 e. The van der Waals surface area contributed by atoms with Crippen LogP contribution in [-0.2, 0) is 10.8 Å². The van der Waals surface area contributed by atoms with E-state index in [9.17, 15) is 10.1 Å². The Labute approximate surface area is 247 Å². The van der Waals surface area contributed by atoms with Gasteiger partial charge in [0.05, 0.1) is 11.5 Å². The molecule has 6 rings (SSSR count). The maximum atomic E-state index is 12.7. The summed E-state index contributed by atoms with van der Waals surface area (Å²) in [4.78, 5) is 15.3. The van der Waals surface area contributed by atoms with Crippen molar-refractivity contribution in [3.05, 3.63) is 107 Å². The minimum Gasteiger partial charge on any atom is -0.322 e. The van der Waals surface area contributed by atoms with Crippen LogP contribution in [0, 0.1) is 17.2 Å². The summed E-state index contributed by atoms with van der Waals surface area (Å²) in [6.45, 7) is 12.5. The molecule has 0 radical (unpaired) electrons. The number of allylic oxidation sites excluding steroid dienone is 1. The van der Waals surface area contributed by atoms with Gasteiger partial charge in [-0.15, -0.1) is 0 Å². The quantitative estimate of drug-likeness (QED) is 0.356. The number of nitrogens with zero attached hydrogens (tertiary/aromatic N) is 2. The van der Waals surface area contributed by atoms with E-state index in [1.54, 1.807) is 0 Å². The van der Waals surface area contributed by atoms with Crippen LogP contribution in [-0.4, -0.2) is 29.9 Å². The first kappa shape index (κ1) is 30.3. The normalized spacial score (nSPS) is 26.1. The highest BCUT2D eigenvalue weighted by molar-refractivity contribution is 6.04. The number of anilines is 1. The number of nitriles is 1. The SMILES string of the molecule is CC.CC.CC1CN(C2CCC(C#N)(c3ccc(C(=O)Nc4ccccc4)cc3)C2)CCC12C=Cc1ccccc12. The first-order chi connectivity index (χ1) is 20.0. The Morgan fingerprint density at radius 1 is 0.927 bits per heavy atom. The Bertz CT molecular complexity index is 1370. The molecule has 1 saturated carbocycles. The zero-order valence-electron chi connectivity index (χ0n) is 25.4. The van der Waals surface area contributed by atoms with E-state index in [2.05, 4.69) is 59.6 Å². The molecule has 2 fully saturated rings. The second-order valence-electron chi connectivity index (χ2n) is 11.1. The second kappa shape index (κ2) is 13.3. The zero-order valence-corrected chi connectivity index (χ0v) is 25.4. The van der Waals surface area contributed by atoms with Gasteiger partial charge in [-0.05, 0) is 79.1 Å². The van der Waals surface area contributed by atoms with E-state index in [4.69, 9.17) is 0 Å². The molecule has 3 aliphatic rings. The molecule has 4 nitrogen and oxygen atoms in total. The van der Waals surface area contributed by atoms with Crippen molar-refractivity contribution < 1.29 is 4.79 Å². The van der Waals surface area contributed by atoms with Gasteiger partial charge in [0.25, 0.3) is 5.91 Å². The second-order valence-corrected chi connectivity index (χ2v) is 11.1. The van der Waals surface area contributed by atoms with E-state index in [1.807, 2.05) is 82.3 Å². The number of hydrogen-bond donors (Lipinski definition) is 1. The number of amides is 1. The van der Waals surface area contributed by atoms with Crippen LogP contribution in [0.25, 0.3) is 6.08 Å². The van der Waals surface area contributed by atoms with Crippen molar-refractivity contribution >= 4 is 17.7 Å². The van der Waals surface area contributed by atoms with Gasteiger partial charge in [-0.2, -0.15) is 5.26 Å². The van der Waals surface area contributed by atoms with Crippen LogP contribution < -0.4 is 5.32 Å². The number of rotatable bonds is 4. The van der Waals surface area contributed by atoms with Crippen LogP contribution in [0.5, 0.6) is 0 Å². The van der Waals surface area contributed by atoms with E-state index < -0.39 is 5.41 Å². The molecule has 1 N–H and O–H groups in total. The lowest BCUT2D eigenvalue weighted by Crippen LogP contribution is -2.50. The van der Waals surface area contributed by atoms with Gasteiger partial charge in [0.15, 0.2) is 0 Å². The Morgan fingerprint density at radius 3 is 2.29 bits per heavy atom. The fourth-order valence-corrected chi connectivity index (χ4v) is 6.98. The number of para-hydroxylation sites is 1. The van der Waals surface area contributed by atoms with Gasteiger partial charge in [-0.1, -0.05) is 101 Å². The molecular formula is C37H45N3O. The van der Waals surface area contributed by atoms with Crippen LogP contribution in [0.2, 0.25) is 0 Å². The zero-order chi connectivity index (χ0) is 29.5. The summed E-state index contributed by atoms with van der Waals surface area (Å²) in [5.74, 6) is 0.396. The molecular weight excluding hydrogens is 502 g/mol. The maximum absolute atomic E-state index is 12.7. The lowest BCUT2D eigenvalue weighted by molar-refractivity contribution is 0.0887. The molecule has 4 unspecified atom stereocenters. The minimum atomic E-state index is -0.489. The fourth-order valence-electron chi connectivity index (χ4n) is 6.98. The van der Waals surface area contributed by atoms with E-state index >= 15 is 0 Å². The van der Waals surface area contributed by atoms with E-state index in [-0.39, 0.29) is 11.3 Å². The predicted molar refractivity (Wildman–Crippen MR) is 171 cm³/mol. The van der Waals surface area contributed by atoms with Crippen LogP contribution in [0.1, 0.15) is 87.4 Å². The Balaban J connectivity index is 0.000000929. The van der Waals surface area contributed by atoms with Crippen LogP contribution in [0.15, 0.2) is 84.9 Å². The van der Waals surface area contributed by atoms with Crippen molar-refractivity contribution in [2.75, 3.05) is 18.4 Å². The largest absolute Gasteiger partial charge is 0.322 e. The summed E-state index contributed by atoms with van der Waals surface area (Å²) in [6, 6.07) is 29.1. The molecule has 1 amide bonds. The van der Waals surface area contributed by atoms with Gasteiger partial charge in [-0.25, -0.2) is 0 Å². The van der Waals surface area contributed by atoms with Gasteiger partial charge in [0.1, 0.15) is 0 Å².